The molecule has 0 saturated heterocycles. The third-order valence-corrected chi connectivity index (χ3v) is 2.97. The van der Waals surface area contributed by atoms with Crippen molar-refractivity contribution >= 4 is 16.7 Å². The predicted octanol–water partition coefficient (Wildman–Crippen LogP) is 2.00. The number of carbonyl (C=O) groups excluding carboxylic acids is 1. The smallest absolute Gasteiger partial charge is 0.339 e. The highest BCUT2D eigenvalue weighted by molar-refractivity contribution is 6.08. The highest BCUT2D eigenvalue weighted by atomic mass is 16.5. The molecule has 0 radical (unpaired) electrons. The number of rotatable bonds is 1. The molecule has 0 aromatic heterocycles. The van der Waals surface area contributed by atoms with E-state index in [4.69, 9.17) is 4.74 Å². The maximum absolute atomic E-state index is 11.6. The molecule has 80 valence electrons. The fraction of sp³-hybridized carbons (Fsp3) is 0.154. The monoisotopic (exact) mass is 214 g/mol. The molecule has 3 nitrogen and oxygen atoms in total. The van der Waals surface area contributed by atoms with Gasteiger partial charge in [-0.2, -0.15) is 0 Å². The molecule has 3 rings (SSSR count). The van der Waals surface area contributed by atoms with Gasteiger partial charge in [-0.15, -0.1) is 0 Å². The van der Waals surface area contributed by atoms with E-state index in [2.05, 4.69) is 0 Å². The van der Waals surface area contributed by atoms with Gasteiger partial charge in [-0.25, -0.2) is 4.79 Å². The van der Waals surface area contributed by atoms with Crippen LogP contribution in [0, 0.1) is 0 Å². The van der Waals surface area contributed by atoms with Gasteiger partial charge in [0, 0.05) is 5.39 Å². The Hall–Kier alpha value is -1.87. The number of carbonyl (C=O) groups is 1. The summed E-state index contributed by atoms with van der Waals surface area (Å²) in [5.74, 6) is -0.284. The van der Waals surface area contributed by atoms with Gasteiger partial charge in [0.25, 0.3) is 0 Å². The van der Waals surface area contributed by atoms with Crippen molar-refractivity contribution in [1.29, 1.82) is 0 Å². The zero-order valence-corrected chi connectivity index (χ0v) is 8.56. The van der Waals surface area contributed by atoms with E-state index in [1.165, 1.54) is 0 Å². The van der Waals surface area contributed by atoms with E-state index in [9.17, 15) is 9.90 Å². The normalized spacial score (nSPS) is 13.9. The van der Waals surface area contributed by atoms with Gasteiger partial charge in [-0.1, -0.05) is 24.3 Å². The van der Waals surface area contributed by atoms with Crippen molar-refractivity contribution in [3.05, 3.63) is 47.0 Å². The summed E-state index contributed by atoms with van der Waals surface area (Å²) < 4.78 is 5.07. The Bertz CT molecular complexity index is 587. The van der Waals surface area contributed by atoms with E-state index in [0.29, 0.717) is 12.2 Å². The average molecular weight is 214 g/mol. The topological polar surface area (TPSA) is 46.5 Å². The van der Waals surface area contributed by atoms with Crippen molar-refractivity contribution in [2.75, 3.05) is 0 Å². The Morgan fingerprint density at radius 3 is 2.94 bits per heavy atom. The van der Waals surface area contributed by atoms with Crippen molar-refractivity contribution < 1.29 is 14.6 Å². The van der Waals surface area contributed by atoms with Gasteiger partial charge in [0.2, 0.25) is 0 Å². The first-order valence-electron chi connectivity index (χ1n) is 5.12. The van der Waals surface area contributed by atoms with Gasteiger partial charge in [0.1, 0.15) is 6.61 Å². The van der Waals surface area contributed by atoms with Crippen molar-refractivity contribution in [1.82, 2.24) is 0 Å². The lowest BCUT2D eigenvalue weighted by Gasteiger charge is -2.18. The summed E-state index contributed by atoms with van der Waals surface area (Å²) in [6, 6.07) is 9.28. The highest BCUT2D eigenvalue weighted by Crippen LogP contribution is 2.30. The first kappa shape index (κ1) is 9.36. The Kier molecular flexibility index (Phi) is 1.94. The van der Waals surface area contributed by atoms with Crippen LogP contribution in [0.5, 0.6) is 0 Å². The van der Waals surface area contributed by atoms with Crippen LogP contribution in [0.4, 0.5) is 0 Å². The van der Waals surface area contributed by atoms with Crippen LogP contribution in [0.15, 0.2) is 30.3 Å². The van der Waals surface area contributed by atoms with Crippen molar-refractivity contribution in [2.45, 2.75) is 13.2 Å². The summed E-state index contributed by atoms with van der Waals surface area (Å²) in [7, 11) is 0. The number of hydrogen-bond acceptors (Lipinski definition) is 3. The molecule has 1 heterocycles. The fourth-order valence-corrected chi connectivity index (χ4v) is 2.19. The molecule has 0 aliphatic carbocycles. The molecule has 0 unspecified atom stereocenters. The number of benzene rings is 2. The summed E-state index contributed by atoms with van der Waals surface area (Å²) >= 11 is 0. The van der Waals surface area contributed by atoms with Crippen LogP contribution in [-0.4, -0.2) is 11.1 Å². The van der Waals surface area contributed by atoms with Crippen molar-refractivity contribution in [3.8, 4) is 0 Å². The van der Waals surface area contributed by atoms with E-state index < -0.39 is 0 Å². The van der Waals surface area contributed by atoms with E-state index >= 15 is 0 Å². The van der Waals surface area contributed by atoms with Crippen LogP contribution in [0.1, 0.15) is 21.5 Å². The molecule has 1 aliphatic heterocycles. The molecule has 0 bridgehead atoms. The second-order valence-electron chi connectivity index (χ2n) is 3.85. The van der Waals surface area contributed by atoms with Gasteiger partial charge in [0.05, 0.1) is 12.2 Å². The van der Waals surface area contributed by atoms with Crippen molar-refractivity contribution in [2.24, 2.45) is 0 Å². The number of esters is 1. The van der Waals surface area contributed by atoms with Gasteiger partial charge in [-0.3, -0.25) is 0 Å². The minimum atomic E-state index is -0.284. The number of aliphatic hydroxyl groups is 1. The van der Waals surface area contributed by atoms with Crippen LogP contribution < -0.4 is 0 Å². The third-order valence-electron chi connectivity index (χ3n) is 2.97. The van der Waals surface area contributed by atoms with E-state index in [1.54, 1.807) is 6.07 Å². The number of ether oxygens (including phenoxy) is 1. The molecular formula is C13H10O3. The summed E-state index contributed by atoms with van der Waals surface area (Å²) in [4.78, 5) is 11.6. The Morgan fingerprint density at radius 1 is 1.25 bits per heavy atom. The summed E-state index contributed by atoms with van der Waals surface area (Å²) in [6.45, 7) is 0.299. The second-order valence-corrected chi connectivity index (χ2v) is 3.85. The lowest BCUT2D eigenvalue weighted by molar-refractivity contribution is 0.0463. The fourth-order valence-electron chi connectivity index (χ4n) is 2.19. The van der Waals surface area contributed by atoms with Gasteiger partial charge in [-0.05, 0) is 22.6 Å². The molecule has 2 aromatic carbocycles. The molecule has 0 fully saturated rings. The molecule has 16 heavy (non-hydrogen) atoms. The minimum absolute atomic E-state index is 0.0186. The van der Waals surface area contributed by atoms with Crippen LogP contribution >= 0.6 is 0 Å². The van der Waals surface area contributed by atoms with Gasteiger partial charge in [0.15, 0.2) is 0 Å². The first-order valence-corrected chi connectivity index (χ1v) is 5.12. The minimum Gasteiger partial charge on any atom is -0.457 e. The van der Waals surface area contributed by atoms with Gasteiger partial charge < -0.3 is 9.84 Å². The average Bonchev–Trinajstić information content (AvgIpc) is 2.34. The van der Waals surface area contributed by atoms with Gasteiger partial charge >= 0.3 is 5.97 Å². The second kappa shape index (κ2) is 3.32. The quantitative estimate of drug-likeness (QED) is 0.738. The summed E-state index contributed by atoms with van der Waals surface area (Å²) in [5, 5.41) is 11.1. The van der Waals surface area contributed by atoms with Crippen LogP contribution in [-0.2, 0) is 18.0 Å². The predicted molar refractivity (Wildman–Crippen MR) is 59.0 cm³/mol. The molecular weight excluding hydrogens is 204 g/mol. The Morgan fingerprint density at radius 2 is 2.12 bits per heavy atom. The number of aliphatic hydroxyl groups excluding tert-OH is 1. The molecule has 1 N–H and O–H groups in total. The molecule has 0 atom stereocenters. The molecule has 0 saturated carbocycles. The molecule has 0 spiro atoms. The largest absolute Gasteiger partial charge is 0.457 e. The Labute approximate surface area is 92.3 Å². The maximum Gasteiger partial charge on any atom is 0.339 e. The van der Waals surface area contributed by atoms with Crippen molar-refractivity contribution in [3.63, 3.8) is 0 Å². The lowest BCUT2D eigenvalue weighted by atomic mass is 9.94. The highest BCUT2D eigenvalue weighted by Gasteiger charge is 2.20. The first-order chi connectivity index (χ1) is 7.81. The van der Waals surface area contributed by atoms with E-state index in [1.807, 2.05) is 24.3 Å². The Balaban J connectivity index is 2.47. The van der Waals surface area contributed by atoms with Crippen LogP contribution in [0.2, 0.25) is 0 Å². The number of hydrogen-bond donors (Lipinski definition) is 1. The zero-order valence-electron chi connectivity index (χ0n) is 8.56. The summed E-state index contributed by atoms with van der Waals surface area (Å²) in [6.07, 6.45) is 0. The van der Waals surface area contributed by atoms with E-state index in [-0.39, 0.29) is 12.6 Å². The maximum atomic E-state index is 11.6. The zero-order chi connectivity index (χ0) is 11.1. The molecule has 3 heteroatoms. The van der Waals surface area contributed by atoms with Crippen LogP contribution in [0.3, 0.4) is 0 Å². The SMILES string of the molecule is O=C1OCc2ccc(CO)c3cccc1c23. The molecule has 0 amide bonds. The molecule has 1 aliphatic rings. The molecule has 2 aromatic rings. The summed E-state index contributed by atoms with van der Waals surface area (Å²) in [5.41, 5.74) is 2.44. The number of cyclic esters (lactones) is 1. The standard InChI is InChI=1S/C13H10O3/c14-6-8-4-5-9-7-16-13(15)11-3-1-2-10(8)12(9)11/h1-5,14H,6-7H2. The third kappa shape index (κ3) is 1.15. The van der Waals surface area contributed by atoms with E-state index in [0.717, 1.165) is 21.9 Å². The lowest BCUT2D eigenvalue weighted by Crippen LogP contribution is -2.12. The van der Waals surface area contributed by atoms with Crippen LogP contribution in [0.25, 0.3) is 10.8 Å².